The molecule has 1 aromatic carbocycles. The maximum absolute atomic E-state index is 5.56. The van der Waals surface area contributed by atoms with Crippen molar-refractivity contribution < 1.29 is 14.2 Å². The number of rotatable bonds is 9. The monoisotopic (exact) mass is 427 g/mol. The van der Waals surface area contributed by atoms with Gasteiger partial charge >= 0.3 is 0 Å². The fourth-order valence-corrected chi connectivity index (χ4v) is 3.68. The molecule has 1 aromatic heterocycles. The molecule has 168 valence electrons. The van der Waals surface area contributed by atoms with Crippen LogP contribution >= 0.6 is 0 Å². The Labute approximate surface area is 184 Å². The summed E-state index contributed by atoms with van der Waals surface area (Å²) in [7, 11) is 5.10. The van der Waals surface area contributed by atoms with Crippen LogP contribution in [-0.2, 0) is 11.2 Å². The van der Waals surface area contributed by atoms with E-state index in [0.717, 1.165) is 68.0 Å². The predicted octanol–water partition coefficient (Wildman–Crippen LogP) is 1.88. The van der Waals surface area contributed by atoms with Crippen molar-refractivity contribution in [2.75, 3.05) is 60.7 Å². The number of aromatic nitrogens is 1. The molecular weight excluding hydrogens is 394 g/mol. The normalized spacial score (nSPS) is 15.9. The third-order valence-corrected chi connectivity index (χ3v) is 5.37. The highest BCUT2D eigenvalue weighted by Gasteiger charge is 2.24. The minimum absolute atomic E-state index is 0.151. The van der Waals surface area contributed by atoms with Crippen molar-refractivity contribution >= 4 is 5.96 Å². The summed E-state index contributed by atoms with van der Waals surface area (Å²) < 4.78 is 16.5. The maximum Gasteiger partial charge on any atom is 0.191 e. The lowest BCUT2D eigenvalue weighted by Crippen LogP contribution is -2.46. The van der Waals surface area contributed by atoms with Gasteiger partial charge in [-0.1, -0.05) is 12.1 Å². The first-order valence-corrected chi connectivity index (χ1v) is 10.6. The molecular formula is C23H33N5O3. The van der Waals surface area contributed by atoms with E-state index < -0.39 is 0 Å². The topological polar surface area (TPSA) is 80.2 Å². The second-order valence-electron chi connectivity index (χ2n) is 7.23. The molecule has 1 fully saturated rings. The molecule has 0 bridgehead atoms. The maximum atomic E-state index is 5.56. The van der Waals surface area contributed by atoms with Crippen molar-refractivity contribution in [3.63, 3.8) is 0 Å². The zero-order valence-electron chi connectivity index (χ0n) is 18.6. The van der Waals surface area contributed by atoms with Crippen LogP contribution in [0.5, 0.6) is 11.5 Å². The molecule has 3 rings (SSSR count). The van der Waals surface area contributed by atoms with Gasteiger partial charge in [0.05, 0.1) is 33.5 Å². The lowest BCUT2D eigenvalue weighted by molar-refractivity contribution is 0.0169. The Morgan fingerprint density at radius 2 is 1.94 bits per heavy atom. The number of hydrogen-bond acceptors (Lipinski definition) is 6. The second-order valence-corrected chi connectivity index (χ2v) is 7.23. The zero-order chi connectivity index (χ0) is 21.9. The van der Waals surface area contributed by atoms with Crippen molar-refractivity contribution in [1.82, 2.24) is 20.5 Å². The first-order chi connectivity index (χ1) is 15.2. The standard InChI is InChI=1S/C23H33N5O3/c1-24-23(26-11-9-19-6-4-5-10-25-19)27-17-20(28-12-14-31-15-13-28)18-7-8-21(29-2)22(16-18)30-3/h4-8,10,16,20H,9,11-15,17H2,1-3H3,(H2,24,26,27). The van der Waals surface area contributed by atoms with Gasteiger partial charge in [0, 0.05) is 51.5 Å². The van der Waals surface area contributed by atoms with E-state index in [1.54, 1.807) is 21.3 Å². The summed E-state index contributed by atoms with van der Waals surface area (Å²) in [6, 6.07) is 12.2. The Morgan fingerprint density at radius 1 is 1.13 bits per heavy atom. The Balaban J connectivity index is 1.65. The highest BCUT2D eigenvalue weighted by atomic mass is 16.5. The van der Waals surface area contributed by atoms with Crippen LogP contribution in [0.4, 0.5) is 0 Å². The molecule has 1 aliphatic rings. The summed E-state index contributed by atoms with van der Waals surface area (Å²) >= 11 is 0. The Kier molecular flexibility index (Phi) is 8.93. The number of nitrogens with one attached hydrogen (secondary N) is 2. The molecule has 1 saturated heterocycles. The van der Waals surface area contributed by atoms with Crippen molar-refractivity contribution in [2.24, 2.45) is 4.99 Å². The number of methoxy groups -OCH3 is 2. The molecule has 8 nitrogen and oxygen atoms in total. The molecule has 0 aliphatic carbocycles. The van der Waals surface area contributed by atoms with Crippen LogP contribution in [0.25, 0.3) is 0 Å². The smallest absolute Gasteiger partial charge is 0.191 e. The summed E-state index contributed by atoms with van der Waals surface area (Å²) in [6.45, 7) is 4.70. The minimum Gasteiger partial charge on any atom is -0.493 e. The Morgan fingerprint density at radius 3 is 2.61 bits per heavy atom. The molecule has 1 unspecified atom stereocenters. The number of guanidine groups is 1. The lowest BCUT2D eigenvalue weighted by Gasteiger charge is -2.35. The van der Waals surface area contributed by atoms with E-state index in [1.807, 2.05) is 30.5 Å². The average Bonchev–Trinajstić information content (AvgIpc) is 2.84. The van der Waals surface area contributed by atoms with Gasteiger partial charge in [0.2, 0.25) is 0 Å². The van der Waals surface area contributed by atoms with Gasteiger partial charge in [-0.2, -0.15) is 0 Å². The highest BCUT2D eigenvalue weighted by molar-refractivity contribution is 5.79. The van der Waals surface area contributed by atoms with E-state index in [0.29, 0.717) is 6.54 Å². The highest BCUT2D eigenvalue weighted by Crippen LogP contribution is 2.32. The van der Waals surface area contributed by atoms with Crippen LogP contribution in [0, 0.1) is 0 Å². The van der Waals surface area contributed by atoms with Gasteiger partial charge in [-0.15, -0.1) is 0 Å². The van der Waals surface area contributed by atoms with E-state index in [9.17, 15) is 0 Å². The molecule has 2 aromatic rings. The van der Waals surface area contributed by atoms with Gasteiger partial charge in [-0.3, -0.25) is 14.9 Å². The molecule has 0 amide bonds. The molecule has 8 heteroatoms. The molecule has 0 spiro atoms. The van der Waals surface area contributed by atoms with Crippen LogP contribution in [-0.4, -0.2) is 76.5 Å². The first kappa shape index (κ1) is 22.8. The Bertz CT molecular complexity index is 825. The van der Waals surface area contributed by atoms with Crippen LogP contribution in [0.2, 0.25) is 0 Å². The van der Waals surface area contributed by atoms with Gasteiger partial charge in [-0.25, -0.2) is 0 Å². The molecule has 2 N–H and O–H groups in total. The number of aliphatic imine (C=N–C) groups is 1. The summed E-state index contributed by atoms with van der Waals surface area (Å²) in [4.78, 5) is 11.2. The molecule has 2 heterocycles. The number of benzene rings is 1. The van der Waals surface area contributed by atoms with Crippen molar-refractivity contribution in [1.29, 1.82) is 0 Å². The van der Waals surface area contributed by atoms with Gasteiger partial charge < -0.3 is 24.8 Å². The number of ether oxygens (including phenoxy) is 3. The van der Waals surface area contributed by atoms with E-state index in [-0.39, 0.29) is 6.04 Å². The van der Waals surface area contributed by atoms with Crippen molar-refractivity contribution in [2.45, 2.75) is 12.5 Å². The Hall–Kier alpha value is -2.84. The average molecular weight is 428 g/mol. The third kappa shape index (κ3) is 6.57. The number of morpholine rings is 1. The van der Waals surface area contributed by atoms with Gasteiger partial charge in [0.15, 0.2) is 17.5 Å². The van der Waals surface area contributed by atoms with Gasteiger partial charge in [-0.05, 0) is 29.8 Å². The fourth-order valence-electron chi connectivity index (χ4n) is 3.68. The van der Waals surface area contributed by atoms with E-state index in [2.05, 4.69) is 37.6 Å². The van der Waals surface area contributed by atoms with E-state index >= 15 is 0 Å². The summed E-state index contributed by atoms with van der Waals surface area (Å²) in [5.74, 6) is 2.23. The van der Waals surface area contributed by atoms with Crippen molar-refractivity contribution in [3.05, 3.63) is 53.9 Å². The molecule has 1 atom stereocenters. The number of nitrogens with zero attached hydrogens (tertiary/aromatic N) is 3. The minimum atomic E-state index is 0.151. The van der Waals surface area contributed by atoms with Crippen LogP contribution in [0.3, 0.4) is 0 Å². The van der Waals surface area contributed by atoms with Crippen LogP contribution in [0.15, 0.2) is 47.6 Å². The van der Waals surface area contributed by atoms with E-state index in [4.69, 9.17) is 14.2 Å². The summed E-state index contributed by atoms with van der Waals surface area (Å²) in [5, 5.41) is 6.86. The first-order valence-electron chi connectivity index (χ1n) is 10.6. The lowest BCUT2D eigenvalue weighted by atomic mass is 10.0. The van der Waals surface area contributed by atoms with Crippen LogP contribution in [0.1, 0.15) is 17.3 Å². The number of pyridine rings is 1. The second kappa shape index (κ2) is 12.1. The fraction of sp³-hybridized carbons (Fsp3) is 0.478. The largest absolute Gasteiger partial charge is 0.493 e. The quantitative estimate of drug-likeness (QED) is 0.467. The molecule has 1 aliphatic heterocycles. The zero-order valence-corrected chi connectivity index (χ0v) is 18.6. The van der Waals surface area contributed by atoms with Crippen LogP contribution < -0.4 is 20.1 Å². The predicted molar refractivity (Wildman–Crippen MR) is 122 cm³/mol. The summed E-state index contributed by atoms with van der Waals surface area (Å²) in [5.41, 5.74) is 2.22. The van der Waals surface area contributed by atoms with Gasteiger partial charge in [0.1, 0.15) is 0 Å². The SMILES string of the molecule is CN=C(NCCc1ccccn1)NCC(c1ccc(OC)c(OC)c1)N1CCOCC1. The number of hydrogen-bond donors (Lipinski definition) is 2. The third-order valence-electron chi connectivity index (χ3n) is 5.37. The molecule has 31 heavy (non-hydrogen) atoms. The summed E-state index contributed by atoms with van der Waals surface area (Å²) in [6.07, 6.45) is 2.66. The molecule has 0 saturated carbocycles. The van der Waals surface area contributed by atoms with Crippen molar-refractivity contribution in [3.8, 4) is 11.5 Å². The van der Waals surface area contributed by atoms with E-state index in [1.165, 1.54) is 0 Å². The van der Waals surface area contributed by atoms with Gasteiger partial charge in [0.25, 0.3) is 0 Å². The molecule has 0 radical (unpaired) electrons.